The summed E-state index contributed by atoms with van der Waals surface area (Å²) in [5.41, 5.74) is 2.78. The fourth-order valence-corrected chi connectivity index (χ4v) is 2.91. The summed E-state index contributed by atoms with van der Waals surface area (Å²) in [7, 11) is 0. The van der Waals surface area contributed by atoms with Crippen LogP contribution in [-0.4, -0.2) is 25.0 Å². The molecule has 1 heterocycles. The van der Waals surface area contributed by atoms with E-state index in [1.54, 1.807) is 18.2 Å². The molecule has 2 aromatic carbocycles. The molecular formula is C20H22N2O3. The third-order valence-corrected chi connectivity index (χ3v) is 4.30. The minimum absolute atomic E-state index is 0.0564. The fraction of sp³-hybridized carbons (Fsp3) is 0.300. The van der Waals surface area contributed by atoms with E-state index in [4.69, 9.17) is 4.74 Å². The van der Waals surface area contributed by atoms with Gasteiger partial charge in [-0.3, -0.25) is 9.59 Å². The summed E-state index contributed by atoms with van der Waals surface area (Å²) in [4.78, 5) is 25.1. The molecule has 1 saturated heterocycles. The van der Waals surface area contributed by atoms with Crippen LogP contribution in [0.2, 0.25) is 0 Å². The highest BCUT2D eigenvalue weighted by Crippen LogP contribution is 2.21. The standard InChI is InChI=1S/C20H22N2O3/c1-14-5-4-6-16(13-14)21-20(24)17-7-2-3-8-18(17)22-19(23)15-9-11-25-12-10-15/h2-8,13,15H,9-12H2,1H3,(H,21,24)(H,22,23). The second-order valence-electron chi connectivity index (χ2n) is 6.25. The van der Waals surface area contributed by atoms with E-state index in [1.807, 2.05) is 37.3 Å². The molecule has 0 bridgehead atoms. The van der Waals surface area contributed by atoms with Gasteiger partial charge in [-0.05, 0) is 49.6 Å². The third-order valence-electron chi connectivity index (χ3n) is 4.30. The molecule has 1 aliphatic heterocycles. The molecule has 25 heavy (non-hydrogen) atoms. The van der Waals surface area contributed by atoms with E-state index in [2.05, 4.69) is 10.6 Å². The lowest BCUT2D eigenvalue weighted by molar-refractivity contribution is -0.122. The summed E-state index contributed by atoms with van der Waals surface area (Å²) in [5, 5.41) is 5.78. The molecule has 0 saturated carbocycles. The fourth-order valence-electron chi connectivity index (χ4n) is 2.91. The van der Waals surface area contributed by atoms with Crippen LogP contribution in [0.1, 0.15) is 28.8 Å². The van der Waals surface area contributed by atoms with Crippen LogP contribution in [0, 0.1) is 12.8 Å². The number of nitrogens with one attached hydrogen (secondary N) is 2. The first-order valence-corrected chi connectivity index (χ1v) is 8.49. The van der Waals surface area contributed by atoms with Gasteiger partial charge in [0.1, 0.15) is 0 Å². The van der Waals surface area contributed by atoms with E-state index in [-0.39, 0.29) is 17.7 Å². The molecule has 0 aliphatic carbocycles. The van der Waals surface area contributed by atoms with Gasteiger partial charge in [0.05, 0.1) is 11.3 Å². The van der Waals surface area contributed by atoms with Gasteiger partial charge in [-0.2, -0.15) is 0 Å². The summed E-state index contributed by atoms with van der Waals surface area (Å²) in [6, 6.07) is 14.7. The van der Waals surface area contributed by atoms with Gasteiger partial charge < -0.3 is 15.4 Å². The van der Waals surface area contributed by atoms with Crippen molar-refractivity contribution in [2.24, 2.45) is 5.92 Å². The minimum atomic E-state index is -0.242. The maximum absolute atomic E-state index is 12.6. The maximum Gasteiger partial charge on any atom is 0.257 e. The average Bonchev–Trinajstić information content (AvgIpc) is 2.63. The highest BCUT2D eigenvalue weighted by Gasteiger charge is 2.23. The number of hydrogen-bond donors (Lipinski definition) is 2. The van der Waals surface area contributed by atoms with Crippen LogP contribution in [-0.2, 0) is 9.53 Å². The second kappa shape index (κ2) is 7.94. The van der Waals surface area contributed by atoms with Crippen molar-refractivity contribution in [1.82, 2.24) is 0 Å². The first kappa shape index (κ1) is 17.2. The number of ether oxygens (including phenoxy) is 1. The summed E-state index contributed by atoms with van der Waals surface area (Å²) in [6.07, 6.45) is 1.42. The lowest BCUT2D eigenvalue weighted by Gasteiger charge is -2.21. The molecule has 0 atom stereocenters. The van der Waals surface area contributed by atoms with Gasteiger partial charge in [0, 0.05) is 24.8 Å². The monoisotopic (exact) mass is 338 g/mol. The van der Waals surface area contributed by atoms with Gasteiger partial charge in [-0.25, -0.2) is 0 Å². The first-order valence-electron chi connectivity index (χ1n) is 8.49. The van der Waals surface area contributed by atoms with Gasteiger partial charge in [0.2, 0.25) is 5.91 Å². The lowest BCUT2D eigenvalue weighted by atomic mass is 9.99. The average molecular weight is 338 g/mol. The van der Waals surface area contributed by atoms with Crippen LogP contribution >= 0.6 is 0 Å². The van der Waals surface area contributed by atoms with E-state index in [9.17, 15) is 9.59 Å². The van der Waals surface area contributed by atoms with Crippen molar-refractivity contribution in [3.63, 3.8) is 0 Å². The Morgan fingerprint density at radius 1 is 1.00 bits per heavy atom. The van der Waals surface area contributed by atoms with Crippen LogP contribution in [0.4, 0.5) is 11.4 Å². The molecule has 2 amide bonds. The van der Waals surface area contributed by atoms with Crippen molar-refractivity contribution < 1.29 is 14.3 Å². The third kappa shape index (κ3) is 4.45. The highest BCUT2D eigenvalue weighted by molar-refractivity contribution is 6.10. The Balaban J connectivity index is 1.73. The molecule has 5 heteroatoms. The van der Waals surface area contributed by atoms with Gasteiger partial charge in [-0.1, -0.05) is 24.3 Å². The zero-order valence-electron chi connectivity index (χ0n) is 14.2. The van der Waals surface area contributed by atoms with Crippen molar-refractivity contribution in [3.05, 3.63) is 59.7 Å². The predicted molar refractivity (Wildman–Crippen MR) is 97.7 cm³/mol. The highest BCUT2D eigenvalue weighted by atomic mass is 16.5. The maximum atomic E-state index is 12.6. The van der Waals surface area contributed by atoms with E-state index in [0.29, 0.717) is 37.3 Å². The number of carbonyl (C=O) groups is 2. The molecular weight excluding hydrogens is 316 g/mol. The Morgan fingerprint density at radius 2 is 1.76 bits per heavy atom. The van der Waals surface area contributed by atoms with E-state index in [1.165, 1.54) is 0 Å². The van der Waals surface area contributed by atoms with Gasteiger partial charge in [0.25, 0.3) is 5.91 Å². The normalized spacial score (nSPS) is 14.8. The van der Waals surface area contributed by atoms with Gasteiger partial charge >= 0.3 is 0 Å². The number of rotatable bonds is 4. The Bertz CT molecular complexity index is 767. The van der Waals surface area contributed by atoms with Crippen molar-refractivity contribution in [1.29, 1.82) is 0 Å². The molecule has 130 valence electrons. The van der Waals surface area contributed by atoms with Crippen molar-refractivity contribution in [2.45, 2.75) is 19.8 Å². The van der Waals surface area contributed by atoms with E-state index >= 15 is 0 Å². The molecule has 0 radical (unpaired) electrons. The van der Waals surface area contributed by atoms with Crippen LogP contribution in [0.15, 0.2) is 48.5 Å². The van der Waals surface area contributed by atoms with Crippen LogP contribution in [0.25, 0.3) is 0 Å². The predicted octanol–water partition coefficient (Wildman–Crippen LogP) is 3.61. The number of hydrogen-bond acceptors (Lipinski definition) is 3. The van der Waals surface area contributed by atoms with Crippen LogP contribution < -0.4 is 10.6 Å². The zero-order valence-corrected chi connectivity index (χ0v) is 14.2. The Morgan fingerprint density at radius 3 is 2.52 bits per heavy atom. The number of amides is 2. The first-order chi connectivity index (χ1) is 12.1. The number of anilines is 2. The zero-order chi connectivity index (χ0) is 17.6. The van der Waals surface area contributed by atoms with Crippen LogP contribution in [0.3, 0.4) is 0 Å². The molecule has 1 fully saturated rings. The summed E-state index contributed by atoms with van der Waals surface area (Å²) < 4.78 is 5.29. The number of benzene rings is 2. The molecule has 5 nitrogen and oxygen atoms in total. The Kier molecular flexibility index (Phi) is 5.46. The largest absolute Gasteiger partial charge is 0.381 e. The molecule has 2 N–H and O–H groups in total. The van der Waals surface area contributed by atoms with Gasteiger partial charge in [0.15, 0.2) is 0 Å². The molecule has 1 aliphatic rings. The van der Waals surface area contributed by atoms with Crippen molar-refractivity contribution in [3.8, 4) is 0 Å². The number of para-hydroxylation sites is 1. The molecule has 3 rings (SSSR count). The van der Waals surface area contributed by atoms with Crippen molar-refractivity contribution in [2.75, 3.05) is 23.8 Å². The molecule has 0 spiro atoms. The van der Waals surface area contributed by atoms with E-state index in [0.717, 1.165) is 11.3 Å². The smallest absolute Gasteiger partial charge is 0.257 e. The van der Waals surface area contributed by atoms with Gasteiger partial charge in [-0.15, -0.1) is 0 Å². The SMILES string of the molecule is Cc1cccc(NC(=O)c2ccccc2NC(=O)C2CCOCC2)c1. The molecule has 0 unspecified atom stereocenters. The second-order valence-corrected chi connectivity index (χ2v) is 6.25. The summed E-state index contributed by atoms with van der Waals surface area (Å²) in [6.45, 7) is 3.18. The molecule has 0 aromatic heterocycles. The minimum Gasteiger partial charge on any atom is -0.381 e. The lowest BCUT2D eigenvalue weighted by Crippen LogP contribution is -2.29. The summed E-state index contributed by atoms with van der Waals surface area (Å²) in [5.74, 6) is -0.366. The quantitative estimate of drug-likeness (QED) is 0.895. The summed E-state index contributed by atoms with van der Waals surface area (Å²) >= 11 is 0. The van der Waals surface area contributed by atoms with Crippen LogP contribution in [0.5, 0.6) is 0 Å². The Labute approximate surface area is 147 Å². The van der Waals surface area contributed by atoms with Crippen molar-refractivity contribution >= 4 is 23.2 Å². The topological polar surface area (TPSA) is 67.4 Å². The number of carbonyl (C=O) groups excluding carboxylic acids is 2. The Hall–Kier alpha value is -2.66. The van der Waals surface area contributed by atoms with E-state index < -0.39 is 0 Å². The number of aryl methyl sites for hydroxylation is 1. The molecule has 2 aromatic rings.